The van der Waals surface area contributed by atoms with Crippen LogP contribution in [-0.2, 0) is 9.59 Å². The Morgan fingerprint density at radius 1 is 0.962 bits per heavy atom. The van der Waals surface area contributed by atoms with Crippen LogP contribution < -0.4 is 15.4 Å². The molecule has 5 nitrogen and oxygen atoms in total. The molecule has 2 amide bonds. The van der Waals surface area contributed by atoms with E-state index in [9.17, 15) is 9.59 Å². The first-order chi connectivity index (χ1) is 12.3. The molecule has 0 unspecified atom stereocenters. The van der Waals surface area contributed by atoms with Crippen molar-refractivity contribution in [2.75, 3.05) is 11.9 Å². The fraction of sp³-hybridized carbons (Fsp3) is 0.333. The lowest BCUT2D eigenvalue weighted by molar-refractivity contribution is -0.136. The lowest BCUT2D eigenvalue weighted by atomic mass is 9.96. The molecule has 0 spiro atoms. The van der Waals surface area contributed by atoms with Crippen molar-refractivity contribution in [3.8, 4) is 5.75 Å². The zero-order valence-corrected chi connectivity index (χ0v) is 16.0. The molecule has 0 heterocycles. The maximum Gasteiger partial charge on any atom is 0.313 e. The predicted octanol–water partition coefficient (Wildman–Crippen LogP) is 3.83. The molecule has 0 aromatic heterocycles. The van der Waals surface area contributed by atoms with Crippen molar-refractivity contribution in [1.82, 2.24) is 5.32 Å². The Kier molecular flexibility index (Phi) is 6.39. The van der Waals surface area contributed by atoms with Crippen LogP contribution >= 0.6 is 0 Å². The molecule has 0 fully saturated rings. The van der Waals surface area contributed by atoms with Gasteiger partial charge >= 0.3 is 11.8 Å². The Balaban J connectivity index is 2.00. The summed E-state index contributed by atoms with van der Waals surface area (Å²) in [6, 6.07) is 10.8. The molecule has 1 atom stereocenters. The monoisotopic (exact) mass is 354 g/mol. The molecule has 2 aromatic carbocycles. The molecule has 2 aromatic rings. The first kappa shape index (κ1) is 19.5. The number of hydrogen-bond donors (Lipinski definition) is 2. The predicted molar refractivity (Wildman–Crippen MR) is 103 cm³/mol. The SMILES string of the molecule is CCOc1ccc(NC(=O)C(=O)N[C@H](C)c2cc(C)c(C)cc2C)cc1. The summed E-state index contributed by atoms with van der Waals surface area (Å²) >= 11 is 0. The van der Waals surface area contributed by atoms with Crippen LogP contribution in [0.2, 0.25) is 0 Å². The van der Waals surface area contributed by atoms with Gasteiger partial charge in [-0.2, -0.15) is 0 Å². The van der Waals surface area contributed by atoms with Crippen LogP contribution in [0, 0.1) is 20.8 Å². The van der Waals surface area contributed by atoms with E-state index in [4.69, 9.17) is 4.74 Å². The third-order valence-corrected chi connectivity index (χ3v) is 4.33. The maximum atomic E-state index is 12.2. The van der Waals surface area contributed by atoms with Gasteiger partial charge < -0.3 is 15.4 Å². The van der Waals surface area contributed by atoms with Crippen molar-refractivity contribution in [1.29, 1.82) is 0 Å². The number of carbonyl (C=O) groups excluding carboxylic acids is 2. The second-order valence-corrected chi connectivity index (χ2v) is 6.40. The van der Waals surface area contributed by atoms with Crippen LogP contribution in [-0.4, -0.2) is 18.4 Å². The van der Waals surface area contributed by atoms with E-state index in [0.717, 1.165) is 16.7 Å². The van der Waals surface area contributed by atoms with E-state index < -0.39 is 11.8 Å². The third kappa shape index (κ3) is 4.85. The molecule has 0 radical (unpaired) electrons. The molecular formula is C21H26N2O3. The largest absolute Gasteiger partial charge is 0.494 e. The van der Waals surface area contributed by atoms with Gasteiger partial charge in [0, 0.05) is 5.69 Å². The van der Waals surface area contributed by atoms with Crippen molar-refractivity contribution in [3.63, 3.8) is 0 Å². The zero-order valence-electron chi connectivity index (χ0n) is 16.0. The first-order valence-corrected chi connectivity index (χ1v) is 8.74. The molecule has 0 saturated heterocycles. The minimum atomic E-state index is -0.692. The molecular weight excluding hydrogens is 328 g/mol. The van der Waals surface area contributed by atoms with E-state index in [-0.39, 0.29) is 6.04 Å². The highest BCUT2D eigenvalue weighted by Crippen LogP contribution is 2.21. The second-order valence-electron chi connectivity index (χ2n) is 6.40. The molecule has 2 N–H and O–H groups in total. The second kappa shape index (κ2) is 8.52. The van der Waals surface area contributed by atoms with Gasteiger partial charge in [0.05, 0.1) is 12.6 Å². The van der Waals surface area contributed by atoms with Crippen LogP contribution in [0.25, 0.3) is 0 Å². The van der Waals surface area contributed by atoms with Crippen molar-refractivity contribution < 1.29 is 14.3 Å². The van der Waals surface area contributed by atoms with Crippen molar-refractivity contribution in [2.45, 2.75) is 40.7 Å². The van der Waals surface area contributed by atoms with Gasteiger partial charge in [-0.3, -0.25) is 9.59 Å². The van der Waals surface area contributed by atoms with Gasteiger partial charge in [0.25, 0.3) is 0 Å². The van der Waals surface area contributed by atoms with Crippen LogP contribution in [0.15, 0.2) is 36.4 Å². The highest BCUT2D eigenvalue weighted by Gasteiger charge is 2.18. The van der Waals surface area contributed by atoms with E-state index in [2.05, 4.69) is 29.7 Å². The Morgan fingerprint density at radius 2 is 1.58 bits per heavy atom. The summed E-state index contributed by atoms with van der Waals surface area (Å²) in [6.45, 7) is 10.4. The number of aryl methyl sites for hydroxylation is 3. The van der Waals surface area contributed by atoms with Gasteiger partial charge in [-0.05, 0) is 81.1 Å². The number of anilines is 1. The fourth-order valence-corrected chi connectivity index (χ4v) is 2.78. The fourth-order valence-electron chi connectivity index (χ4n) is 2.78. The average molecular weight is 354 g/mol. The Hall–Kier alpha value is -2.82. The molecule has 138 valence electrons. The van der Waals surface area contributed by atoms with Crippen LogP contribution in [0.3, 0.4) is 0 Å². The van der Waals surface area contributed by atoms with Crippen molar-refractivity contribution in [3.05, 3.63) is 58.7 Å². The van der Waals surface area contributed by atoms with E-state index in [0.29, 0.717) is 18.0 Å². The Morgan fingerprint density at radius 3 is 2.19 bits per heavy atom. The summed E-state index contributed by atoms with van der Waals surface area (Å²) in [6.07, 6.45) is 0. The molecule has 0 saturated carbocycles. The number of nitrogens with one attached hydrogen (secondary N) is 2. The quantitative estimate of drug-likeness (QED) is 0.802. The molecule has 5 heteroatoms. The molecule has 0 aliphatic rings. The highest BCUT2D eigenvalue weighted by atomic mass is 16.5. The Bertz CT molecular complexity index is 798. The van der Waals surface area contributed by atoms with Gasteiger partial charge in [-0.15, -0.1) is 0 Å². The summed E-state index contributed by atoms with van der Waals surface area (Å²) in [4.78, 5) is 24.4. The topological polar surface area (TPSA) is 67.4 Å². The number of benzene rings is 2. The number of hydrogen-bond acceptors (Lipinski definition) is 3. The lowest BCUT2D eigenvalue weighted by Crippen LogP contribution is -2.37. The average Bonchev–Trinajstić information content (AvgIpc) is 2.59. The van der Waals surface area contributed by atoms with E-state index in [1.807, 2.05) is 27.7 Å². The van der Waals surface area contributed by atoms with Gasteiger partial charge in [0.15, 0.2) is 0 Å². The van der Waals surface area contributed by atoms with Crippen molar-refractivity contribution >= 4 is 17.5 Å². The van der Waals surface area contributed by atoms with Gasteiger partial charge in [-0.1, -0.05) is 12.1 Å². The molecule has 2 rings (SSSR count). The summed E-state index contributed by atoms with van der Waals surface area (Å²) in [5.74, 6) is -0.639. The van der Waals surface area contributed by atoms with Gasteiger partial charge in [-0.25, -0.2) is 0 Å². The molecule has 26 heavy (non-hydrogen) atoms. The first-order valence-electron chi connectivity index (χ1n) is 8.74. The summed E-state index contributed by atoms with van der Waals surface area (Å²) in [5, 5.41) is 5.36. The van der Waals surface area contributed by atoms with Crippen LogP contribution in [0.4, 0.5) is 5.69 Å². The molecule has 0 aliphatic carbocycles. The molecule has 0 aliphatic heterocycles. The summed E-state index contributed by atoms with van der Waals surface area (Å²) in [5.41, 5.74) is 5.01. The number of ether oxygens (including phenoxy) is 1. The van der Waals surface area contributed by atoms with E-state index >= 15 is 0 Å². The standard InChI is InChI=1S/C21H26N2O3/c1-6-26-18-9-7-17(8-10-18)23-21(25)20(24)22-16(5)19-12-14(3)13(2)11-15(19)4/h7-12,16H,6H2,1-5H3,(H,22,24)(H,23,25)/t16-/m1/s1. The number of rotatable bonds is 5. The minimum Gasteiger partial charge on any atom is -0.494 e. The zero-order chi connectivity index (χ0) is 19.3. The van der Waals surface area contributed by atoms with Crippen LogP contribution in [0.5, 0.6) is 5.75 Å². The number of carbonyl (C=O) groups is 2. The Labute approximate surface area is 154 Å². The number of amides is 2. The van der Waals surface area contributed by atoms with Gasteiger partial charge in [0.1, 0.15) is 5.75 Å². The smallest absolute Gasteiger partial charge is 0.313 e. The molecule has 0 bridgehead atoms. The van der Waals surface area contributed by atoms with Crippen LogP contribution in [0.1, 0.15) is 42.1 Å². The lowest BCUT2D eigenvalue weighted by Gasteiger charge is -2.18. The minimum absolute atomic E-state index is 0.257. The third-order valence-electron chi connectivity index (χ3n) is 4.33. The normalized spacial score (nSPS) is 11.6. The summed E-state index contributed by atoms with van der Waals surface area (Å²) < 4.78 is 5.35. The van der Waals surface area contributed by atoms with Gasteiger partial charge in [0.2, 0.25) is 0 Å². The van der Waals surface area contributed by atoms with E-state index in [1.165, 1.54) is 5.56 Å². The van der Waals surface area contributed by atoms with E-state index in [1.54, 1.807) is 24.3 Å². The van der Waals surface area contributed by atoms with Crippen molar-refractivity contribution in [2.24, 2.45) is 0 Å². The summed E-state index contributed by atoms with van der Waals surface area (Å²) in [7, 11) is 0. The maximum absolute atomic E-state index is 12.2. The highest BCUT2D eigenvalue weighted by molar-refractivity contribution is 6.39.